The Labute approximate surface area is 172 Å². The highest BCUT2D eigenvalue weighted by Gasteiger charge is 2.35. The highest BCUT2D eigenvalue weighted by atomic mass is 35.5. The molecule has 144 valence electrons. The number of amides is 2. The molecule has 2 fully saturated rings. The Hall–Kier alpha value is -2.31. The third kappa shape index (κ3) is 3.80. The highest BCUT2D eigenvalue weighted by Crippen LogP contribution is 2.34. The molecular weight excluding hydrogens is 399 g/mol. The molecule has 0 aliphatic carbocycles. The number of thioether (sulfide) groups is 1. The summed E-state index contributed by atoms with van der Waals surface area (Å²) >= 11 is 6.99. The summed E-state index contributed by atoms with van der Waals surface area (Å²) < 4.78 is 14.5. The van der Waals surface area contributed by atoms with Gasteiger partial charge in [-0.2, -0.15) is 0 Å². The lowest BCUT2D eigenvalue weighted by Crippen LogP contribution is -2.27. The van der Waals surface area contributed by atoms with Gasteiger partial charge >= 0.3 is 0 Å². The highest BCUT2D eigenvalue weighted by molar-refractivity contribution is 8.18. The molecule has 0 saturated carbocycles. The summed E-state index contributed by atoms with van der Waals surface area (Å²) in [5.41, 5.74) is 1.85. The van der Waals surface area contributed by atoms with Crippen molar-refractivity contribution in [3.05, 3.63) is 69.3 Å². The van der Waals surface area contributed by atoms with Crippen LogP contribution in [0.4, 0.5) is 14.9 Å². The molecule has 2 amide bonds. The van der Waals surface area contributed by atoms with Gasteiger partial charge in [-0.15, -0.1) is 0 Å². The summed E-state index contributed by atoms with van der Waals surface area (Å²) in [5, 5.41) is 0.149. The number of nitrogens with zero attached hydrogens (tertiary/aromatic N) is 2. The van der Waals surface area contributed by atoms with Gasteiger partial charge in [-0.05, 0) is 60.0 Å². The maximum absolute atomic E-state index is 14.5. The van der Waals surface area contributed by atoms with Crippen molar-refractivity contribution in [2.24, 2.45) is 0 Å². The van der Waals surface area contributed by atoms with Crippen LogP contribution in [0.15, 0.2) is 47.4 Å². The van der Waals surface area contributed by atoms with Gasteiger partial charge in [0.2, 0.25) is 0 Å². The van der Waals surface area contributed by atoms with Crippen LogP contribution in [0.1, 0.15) is 24.0 Å². The van der Waals surface area contributed by atoms with Crippen molar-refractivity contribution >= 4 is 46.3 Å². The van der Waals surface area contributed by atoms with Gasteiger partial charge in [-0.3, -0.25) is 14.5 Å². The first-order chi connectivity index (χ1) is 13.5. The van der Waals surface area contributed by atoms with E-state index in [1.54, 1.807) is 42.5 Å². The maximum Gasteiger partial charge on any atom is 0.293 e. The van der Waals surface area contributed by atoms with Crippen molar-refractivity contribution in [2.45, 2.75) is 19.4 Å². The minimum Gasteiger partial charge on any atom is -0.369 e. The maximum atomic E-state index is 14.5. The van der Waals surface area contributed by atoms with Crippen LogP contribution in [-0.2, 0) is 11.3 Å². The van der Waals surface area contributed by atoms with Gasteiger partial charge in [-0.25, -0.2) is 4.39 Å². The minimum atomic E-state index is -0.390. The predicted octanol–water partition coefficient (Wildman–Crippen LogP) is 5.32. The van der Waals surface area contributed by atoms with E-state index in [4.69, 9.17) is 11.6 Å². The van der Waals surface area contributed by atoms with Gasteiger partial charge in [0.15, 0.2) is 0 Å². The minimum absolute atomic E-state index is 0.115. The van der Waals surface area contributed by atoms with Gasteiger partial charge in [0.05, 0.1) is 17.1 Å². The van der Waals surface area contributed by atoms with E-state index < -0.39 is 0 Å². The lowest BCUT2D eigenvalue weighted by Gasteiger charge is -2.18. The van der Waals surface area contributed by atoms with E-state index in [1.807, 2.05) is 4.90 Å². The Morgan fingerprint density at radius 1 is 1.11 bits per heavy atom. The second kappa shape index (κ2) is 7.97. The third-order valence-corrected chi connectivity index (χ3v) is 6.15. The third-order valence-electron chi connectivity index (χ3n) is 4.88. The molecule has 2 aromatic carbocycles. The lowest BCUT2D eigenvalue weighted by atomic mass is 10.1. The second-order valence-electron chi connectivity index (χ2n) is 6.76. The fourth-order valence-electron chi connectivity index (χ4n) is 3.41. The van der Waals surface area contributed by atoms with Gasteiger partial charge in [0.1, 0.15) is 5.82 Å². The Balaban J connectivity index is 1.54. The van der Waals surface area contributed by atoms with Crippen molar-refractivity contribution < 1.29 is 14.0 Å². The molecule has 0 atom stereocenters. The average molecular weight is 417 g/mol. The zero-order valence-corrected chi connectivity index (χ0v) is 16.6. The number of carbonyl (C=O) groups is 2. The van der Waals surface area contributed by atoms with Gasteiger partial charge < -0.3 is 4.90 Å². The lowest BCUT2D eigenvalue weighted by molar-refractivity contribution is -0.123. The van der Waals surface area contributed by atoms with Crippen molar-refractivity contribution in [3.63, 3.8) is 0 Å². The largest absolute Gasteiger partial charge is 0.369 e. The fourth-order valence-corrected chi connectivity index (χ4v) is 4.45. The molecule has 2 aliphatic heterocycles. The number of carbonyl (C=O) groups excluding carboxylic acids is 2. The van der Waals surface area contributed by atoms with Crippen LogP contribution < -0.4 is 4.90 Å². The monoisotopic (exact) mass is 416 g/mol. The van der Waals surface area contributed by atoms with Crippen LogP contribution >= 0.6 is 23.4 Å². The Kier molecular flexibility index (Phi) is 5.42. The van der Waals surface area contributed by atoms with E-state index >= 15 is 0 Å². The number of halogens is 2. The first-order valence-corrected chi connectivity index (χ1v) is 10.3. The Morgan fingerprint density at radius 3 is 2.57 bits per heavy atom. The van der Waals surface area contributed by atoms with E-state index in [1.165, 1.54) is 6.07 Å². The molecule has 0 spiro atoms. The SMILES string of the molecule is O=C1S/C(=C\c2ccc(N3CCCC3)c(F)c2)C(=O)N1Cc1ccccc1Cl. The van der Waals surface area contributed by atoms with Crippen LogP contribution in [0.25, 0.3) is 6.08 Å². The van der Waals surface area contributed by atoms with Crippen LogP contribution in [-0.4, -0.2) is 29.1 Å². The molecule has 2 heterocycles. The first kappa shape index (κ1) is 19.0. The van der Waals surface area contributed by atoms with Gasteiger partial charge in [-0.1, -0.05) is 35.9 Å². The molecule has 0 bridgehead atoms. The molecule has 0 radical (unpaired) electrons. The summed E-state index contributed by atoms with van der Waals surface area (Å²) in [4.78, 5) is 28.4. The Bertz CT molecular complexity index is 973. The number of anilines is 1. The number of hydrogen-bond acceptors (Lipinski definition) is 4. The quantitative estimate of drug-likeness (QED) is 0.633. The van der Waals surface area contributed by atoms with E-state index in [-0.39, 0.29) is 28.4 Å². The first-order valence-electron chi connectivity index (χ1n) is 9.06. The molecule has 7 heteroatoms. The number of hydrogen-bond donors (Lipinski definition) is 0. The van der Waals surface area contributed by atoms with E-state index in [9.17, 15) is 14.0 Å². The molecule has 4 rings (SSSR count). The summed E-state index contributed by atoms with van der Waals surface area (Å²) in [6.45, 7) is 1.83. The second-order valence-corrected chi connectivity index (χ2v) is 8.16. The zero-order valence-electron chi connectivity index (χ0n) is 15.0. The summed E-state index contributed by atoms with van der Waals surface area (Å²) in [6.07, 6.45) is 3.70. The van der Waals surface area contributed by atoms with Crippen LogP contribution in [0.2, 0.25) is 5.02 Å². The Morgan fingerprint density at radius 2 is 1.86 bits per heavy atom. The topological polar surface area (TPSA) is 40.6 Å². The molecule has 2 saturated heterocycles. The van der Waals surface area contributed by atoms with Crippen molar-refractivity contribution in [3.8, 4) is 0 Å². The number of rotatable bonds is 4. The molecule has 28 heavy (non-hydrogen) atoms. The summed E-state index contributed by atoms with van der Waals surface area (Å²) in [5.74, 6) is -0.704. The average Bonchev–Trinajstić information content (AvgIpc) is 3.28. The molecule has 2 aliphatic rings. The molecule has 0 aromatic heterocycles. The van der Waals surface area contributed by atoms with E-state index in [0.717, 1.165) is 42.6 Å². The standard InChI is InChI=1S/C21H18ClFN2O2S/c22-16-6-2-1-5-15(16)13-25-20(26)19(28-21(25)27)12-14-7-8-18(17(23)11-14)24-9-3-4-10-24/h1-2,5-8,11-12H,3-4,9-10,13H2/b19-12-. The molecule has 0 N–H and O–H groups in total. The normalized spacial score (nSPS) is 18.6. The van der Waals surface area contributed by atoms with Gasteiger partial charge in [0.25, 0.3) is 11.1 Å². The number of benzene rings is 2. The van der Waals surface area contributed by atoms with Gasteiger partial charge in [0, 0.05) is 18.1 Å². The van der Waals surface area contributed by atoms with Crippen molar-refractivity contribution in [1.29, 1.82) is 0 Å². The van der Waals surface area contributed by atoms with E-state index in [0.29, 0.717) is 21.8 Å². The predicted molar refractivity (Wildman–Crippen MR) is 111 cm³/mol. The molecular formula is C21H18ClFN2O2S. The van der Waals surface area contributed by atoms with Crippen LogP contribution in [0.3, 0.4) is 0 Å². The molecule has 2 aromatic rings. The van der Waals surface area contributed by atoms with Crippen molar-refractivity contribution in [1.82, 2.24) is 4.90 Å². The zero-order chi connectivity index (χ0) is 19.7. The number of imide groups is 1. The smallest absolute Gasteiger partial charge is 0.293 e. The summed E-state index contributed by atoms with van der Waals surface area (Å²) in [6, 6.07) is 12.0. The van der Waals surface area contributed by atoms with Crippen molar-refractivity contribution in [2.75, 3.05) is 18.0 Å². The molecule has 0 unspecified atom stereocenters. The van der Waals surface area contributed by atoms with Crippen LogP contribution in [0.5, 0.6) is 0 Å². The van der Waals surface area contributed by atoms with Crippen LogP contribution in [0, 0.1) is 5.82 Å². The van der Waals surface area contributed by atoms with E-state index in [2.05, 4.69) is 0 Å². The molecule has 4 nitrogen and oxygen atoms in total. The summed E-state index contributed by atoms with van der Waals surface area (Å²) in [7, 11) is 0. The fraction of sp³-hybridized carbons (Fsp3) is 0.238.